The Hall–Kier alpha value is -4.39. The van der Waals surface area contributed by atoms with Crippen molar-refractivity contribution >= 4 is 23.7 Å². The molecule has 0 saturated carbocycles. The van der Waals surface area contributed by atoms with E-state index < -0.39 is 29.9 Å². The van der Waals surface area contributed by atoms with Crippen molar-refractivity contribution in [1.82, 2.24) is 25.8 Å². The maximum atomic E-state index is 13.6. The summed E-state index contributed by atoms with van der Waals surface area (Å²) in [5.74, 6) is 0.0941. The highest BCUT2D eigenvalue weighted by Crippen LogP contribution is 2.42. The number of amides is 2. The van der Waals surface area contributed by atoms with Crippen molar-refractivity contribution in [2.24, 2.45) is 21.5 Å². The maximum Gasteiger partial charge on any atom is 0.269 e. The molecule has 0 bridgehead atoms. The number of benzene rings is 1. The largest absolute Gasteiger partial charge is 0.492 e. The van der Waals surface area contributed by atoms with E-state index >= 15 is 0 Å². The number of aryl methyl sites for hydroxylation is 1. The van der Waals surface area contributed by atoms with Crippen molar-refractivity contribution in [3.63, 3.8) is 0 Å². The van der Waals surface area contributed by atoms with Gasteiger partial charge in [0.05, 0.1) is 24.3 Å². The second kappa shape index (κ2) is 10.2. The zero-order valence-electron chi connectivity index (χ0n) is 23.9. The van der Waals surface area contributed by atoms with E-state index in [1.165, 1.54) is 0 Å². The molecule has 4 aliphatic heterocycles. The van der Waals surface area contributed by atoms with Gasteiger partial charge in [-0.15, -0.1) is 0 Å². The summed E-state index contributed by atoms with van der Waals surface area (Å²) < 4.78 is 5.94. The average Bonchev–Trinajstić information content (AvgIpc) is 3.47. The number of carbonyl (C=O) groups excluding carboxylic acids is 2. The van der Waals surface area contributed by atoms with E-state index in [4.69, 9.17) is 16.2 Å². The Morgan fingerprint density at radius 1 is 1.19 bits per heavy atom. The summed E-state index contributed by atoms with van der Waals surface area (Å²) in [4.78, 5) is 41.5. The van der Waals surface area contributed by atoms with E-state index in [0.717, 1.165) is 24.0 Å². The number of aromatic nitrogens is 1. The van der Waals surface area contributed by atoms with Crippen LogP contribution in [0.15, 0.2) is 46.5 Å². The minimum atomic E-state index is -1.25. The van der Waals surface area contributed by atoms with Crippen LogP contribution >= 0.6 is 0 Å². The number of aliphatic imine (C=N–C) groups is 2. The van der Waals surface area contributed by atoms with E-state index in [1.54, 1.807) is 23.2 Å². The fourth-order valence-corrected chi connectivity index (χ4v) is 6.45. The van der Waals surface area contributed by atoms with E-state index in [9.17, 15) is 14.7 Å². The Kier molecular flexibility index (Phi) is 6.71. The molecule has 0 aliphatic carbocycles. The summed E-state index contributed by atoms with van der Waals surface area (Å²) in [6.07, 6.45) is 2.18. The van der Waals surface area contributed by atoms with Crippen molar-refractivity contribution in [2.75, 3.05) is 19.7 Å². The first-order chi connectivity index (χ1) is 20.0. The molecule has 1 fully saturated rings. The predicted molar refractivity (Wildman–Crippen MR) is 156 cm³/mol. The molecule has 5 heterocycles. The topological polar surface area (TPSA) is 193 Å². The Bertz CT molecular complexity index is 1470. The molecule has 0 radical (unpaired) electrons. The van der Waals surface area contributed by atoms with E-state index in [-0.39, 0.29) is 47.9 Å². The number of ether oxygens (including phenoxy) is 1. The molecule has 13 heteroatoms. The number of nitrogens with one attached hydrogen (secondary N) is 3. The average molecular weight is 576 g/mol. The van der Waals surface area contributed by atoms with E-state index in [0.29, 0.717) is 17.9 Å². The first-order valence-electron chi connectivity index (χ1n) is 14.3. The molecule has 1 aromatic heterocycles. The minimum Gasteiger partial charge on any atom is -0.492 e. The zero-order chi connectivity index (χ0) is 29.8. The van der Waals surface area contributed by atoms with Gasteiger partial charge in [0.25, 0.3) is 11.8 Å². The van der Waals surface area contributed by atoms with Crippen molar-refractivity contribution in [2.45, 2.75) is 68.9 Å². The first kappa shape index (κ1) is 27.8. The summed E-state index contributed by atoms with van der Waals surface area (Å²) >= 11 is 0. The summed E-state index contributed by atoms with van der Waals surface area (Å²) in [6.45, 7) is 7.04. The van der Waals surface area contributed by atoms with Crippen molar-refractivity contribution < 1.29 is 19.4 Å². The van der Waals surface area contributed by atoms with Crippen LogP contribution in [0.5, 0.6) is 5.75 Å². The van der Waals surface area contributed by atoms with E-state index in [2.05, 4.69) is 44.8 Å². The third kappa shape index (κ3) is 4.39. The number of hydrogen-bond acceptors (Lipinski definition) is 11. The van der Waals surface area contributed by atoms with E-state index in [1.807, 2.05) is 25.1 Å². The molecule has 2 amide bonds. The van der Waals surface area contributed by atoms with Gasteiger partial charge >= 0.3 is 0 Å². The predicted octanol–water partition coefficient (Wildman–Crippen LogP) is -0.411. The van der Waals surface area contributed by atoms with Gasteiger partial charge in [-0.3, -0.25) is 14.6 Å². The number of aliphatic hydroxyl groups excluding tert-OH is 1. The van der Waals surface area contributed by atoms with Gasteiger partial charge in [0.2, 0.25) is 0 Å². The molecule has 5 atom stereocenters. The SMILES string of the molecule is CCc1ccc(C(=O)NC[C@@H]2N=C(N)N3CC(NC(=O)c4cccc5c4OCCC5(C)C)[C@@H](O)C34NC(N)=NC24)nc1. The third-order valence-corrected chi connectivity index (χ3v) is 8.87. The molecule has 2 aromatic rings. The van der Waals surface area contributed by atoms with Gasteiger partial charge in [0, 0.05) is 24.8 Å². The summed E-state index contributed by atoms with van der Waals surface area (Å²) in [7, 11) is 0. The number of guanidine groups is 2. The van der Waals surface area contributed by atoms with Crippen molar-refractivity contribution in [3.05, 3.63) is 58.9 Å². The lowest BCUT2D eigenvalue weighted by Crippen LogP contribution is -2.73. The molecule has 42 heavy (non-hydrogen) atoms. The van der Waals surface area contributed by atoms with Crippen molar-refractivity contribution in [3.8, 4) is 5.75 Å². The van der Waals surface area contributed by atoms with Crippen molar-refractivity contribution in [1.29, 1.82) is 0 Å². The Labute approximate surface area is 243 Å². The van der Waals surface area contributed by atoms with Crippen LogP contribution in [0.25, 0.3) is 0 Å². The molecule has 13 nitrogen and oxygen atoms in total. The van der Waals surface area contributed by atoms with Crippen LogP contribution in [0.4, 0.5) is 0 Å². The number of nitrogens with two attached hydrogens (primary N) is 2. The number of carbonyl (C=O) groups is 2. The molecular formula is C29H37N9O4. The number of aliphatic hydroxyl groups is 1. The molecule has 1 saturated heterocycles. The third-order valence-electron chi connectivity index (χ3n) is 8.87. The van der Waals surface area contributed by atoms with Crippen LogP contribution in [-0.2, 0) is 11.8 Å². The molecule has 8 N–H and O–H groups in total. The number of para-hydroxylation sites is 1. The van der Waals surface area contributed by atoms with Crippen LogP contribution in [0.3, 0.4) is 0 Å². The molecule has 3 unspecified atom stereocenters. The van der Waals surface area contributed by atoms with Gasteiger partial charge in [-0.2, -0.15) is 0 Å². The van der Waals surface area contributed by atoms with Gasteiger partial charge in [0.1, 0.15) is 23.6 Å². The van der Waals surface area contributed by atoms with Crippen LogP contribution in [0.2, 0.25) is 0 Å². The lowest BCUT2D eigenvalue weighted by molar-refractivity contribution is 0.0143. The molecule has 4 aliphatic rings. The lowest BCUT2D eigenvalue weighted by Gasteiger charge is -2.46. The molecule has 222 valence electrons. The Morgan fingerprint density at radius 3 is 2.74 bits per heavy atom. The van der Waals surface area contributed by atoms with Gasteiger partial charge in [-0.1, -0.05) is 39.0 Å². The highest BCUT2D eigenvalue weighted by Gasteiger charge is 2.65. The van der Waals surface area contributed by atoms with Crippen LogP contribution in [-0.4, -0.2) is 88.3 Å². The normalized spacial score (nSPS) is 28.7. The smallest absolute Gasteiger partial charge is 0.269 e. The van der Waals surface area contributed by atoms with Crippen LogP contribution in [0.1, 0.15) is 59.2 Å². The van der Waals surface area contributed by atoms with Gasteiger partial charge in [0.15, 0.2) is 17.6 Å². The molecular weight excluding hydrogens is 538 g/mol. The van der Waals surface area contributed by atoms with Crippen LogP contribution in [0, 0.1) is 0 Å². The van der Waals surface area contributed by atoms with Gasteiger partial charge in [-0.25, -0.2) is 9.98 Å². The fraction of sp³-hybridized carbons (Fsp3) is 0.483. The summed E-state index contributed by atoms with van der Waals surface area (Å²) in [5, 5.41) is 20.7. The number of pyridine rings is 1. The Morgan fingerprint density at radius 2 is 2.00 bits per heavy atom. The standard InChI is InChI=1S/C29H37N9O4/c1-4-15-8-9-18(32-12-15)25(41)33-13-19-22-29(37-26(30)36-22)23(39)20(14-38(29)27(31)35-19)34-24(40)16-6-5-7-17-21(16)42-11-10-28(17,2)3/h5-9,12,19-20,22-23,39H,4,10-11,13-14H2,1-3H3,(H2,31,35)(H,33,41)(H,34,40)(H3,30,36,37)/t19-,20?,22?,23+,29?/m0/s1. The number of rotatable bonds is 6. The highest BCUT2D eigenvalue weighted by atomic mass is 16.5. The number of hydrogen-bond donors (Lipinski definition) is 6. The molecule has 1 aromatic carbocycles. The second-order valence-electron chi connectivity index (χ2n) is 11.9. The number of fused-ring (bicyclic) bond motifs is 1. The minimum absolute atomic E-state index is 0.0858. The first-order valence-corrected chi connectivity index (χ1v) is 14.3. The highest BCUT2D eigenvalue weighted by molar-refractivity contribution is 5.98. The fourth-order valence-electron chi connectivity index (χ4n) is 6.45. The quantitative estimate of drug-likeness (QED) is 0.266. The van der Waals surface area contributed by atoms with Gasteiger partial charge in [-0.05, 0) is 36.0 Å². The second-order valence-corrected chi connectivity index (χ2v) is 11.9. The van der Waals surface area contributed by atoms with Gasteiger partial charge < -0.3 is 42.2 Å². The summed E-state index contributed by atoms with van der Waals surface area (Å²) in [6, 6.07) is 7.03. The molecule has 6 rings (SSSR count). The summed E-state index contributed by atoms with van der Waals surface area (Å²) in [5.41, 5.74) is 13.9. The molecule has 1 spiro atoms. The maximum absolute atomic E-state index is 13.6. The Balaban J connectivity index is 1.21. The zero-order valence-corrected chi connectivity index (χ0v) is 23.9. The van der Waals surface area contributed by atoms with Crippen LogP contribution < -0.4 is 32.2 Å². The lowest BCUT2D eigenvalue weighted by atomic mass is 9.79. The monoisotopic (exact) mass is 575 g/mol. The number of nitrogens with zero attached hydrogens (tertiary/aromatic N) is 4.